The van der Waals surface area contributed by atoms with Crippen molar-refractivity contribution in [2.24, 2.45) is 0 Å². The van der Waals surface area contributed by atoms with Gasteiger partial charge in [-0.1, -0.05) is 0 Å². The summed E-state index contributed by atoms with van der Waals surface area (Å²) in [7, 11) is 0. The summed E-state index contributed by atoms with van der Waals surface area (Å²) < 4.78 is 3.25. The van der Waals surface area contributed by atoms with E-state index in [1.807, 2.05) is 0 Å². The summed E-state index contributed by atoms with van der Waals surface area (Å²) in [5, 5.41) is 0. The fourth-order valence-corrected chi connectivity index (χ4v) is 4.89. The Bertz CT molecular complexity index is 45.4. The minimum atomic E-state index is 0. The maximum atomic E-state index is 2.29. The second kappa shape index (κ2) is 18.6. The quantitative estimate of drug-likeness (QED) is 0.517. The third-order valence-corrected chi connectivity index (χ3v) is 5.45. The van der Waals surface area contributed by atoms with Gasteiger partial charge in [0, 0.05) is 59.1 Å². The minimum absolute atomic E-state index is 0. The number of hydrogen-bond donors (Lipinski definition) is 0. The number of rotatable bonds is 6. The Morgan fingerprint density at radius 3 is 1.45 bits per heavy atom. The Hall–Kier alpha value is 2.80. The molecule has 0 heterocycles. The Morgan fingerprint density at radius 2 is 1.18 bits per heavy atom. The predicted molar refractivity (Wildman–Crippen MR) is 56.7 cm³/mol. The van der Waals surface area contributed by atoms with E-state index in [2.05, 4.69) is 13.8 Å². The molecule has 0 rings (SSSR count). The van der Waals surface area contributed by atoms with Crippen molar-refractivity contribution in [1.82, 2.24) is 0 Å². The molecule has 3 heteroatoms. The maximum Gasteiger partial charge on any atom is 0 e. The van der Waals surface area contributed by atoms with E-state index >= 15 is 0 Å². The van der Waals surface area contributed by atoms with E-state index in [1.165, 1.54) is 25.7 Å². The Balaban J connectivity index is -0.000000320. The summed E-state index contributed by atoms with van der Waals surface area (Å²) in [5.41, 5.74) is 0. The van der Waals surface area contributed by atoms with Crippen LogP contribution in [-0.2, 0) is 0 Å². The maximum absolute atomic E-state index is 2.29. The van der Waals surface area contributed by atoms with E-state index in [0.717, 1.165) is 0 Å². The molecule has 0 spiro atoms. The normalized spacial score (nSPS) is 8.18. The molecular weight excluding hydrogens is 261 g/mol. The van der Waals surface area contributed by atoms with Crippen LogP contribution in [0.25, 0.3) is 0 Å². The minimum Gasteiger partial charge on any atom is 0 e. The zero-order valence-corrected chi connectivity index (χ0v) is 15.6. The van der Waals surface area contributed by atoms with E-state index in [1.54, 1.807) is 8.87 Å². The van der Waals surface area contributed by atoms with Gasteiger partial charge in [0.25, 0.3) is 0 Å². The van der Waals surface area contributed by atoms with Crippen LogP contribution in [0.2, 0.25) is 8.87 Å². The van der Waals surface area contributed by atoms with Crippen LogP contribution in [0.5, 0.6) is 0 Å². The average Bonchev–Trinajstić information content (AvgIpc) is 1.89. The molecule has 4 radical (unpaired) electrons. The predicted octanol–water partition coefficient (Wildman–Crippen LogP) is 2.37. The van der Waals surface area contributed by atoms with Gasteiger partial charge in [-0.15, -0.1) is 0 Å². The monoisotopic (exact) mass is 280 g/mol. The topological polar surface area (TPSA) is 0 Å². The van der Waals surface area contributed by atoms with Gasteiger partial charge in [0.05, 0.1) is 0 Å². The van der Waals surface area contributed by atoms with Crippen LogP contribution in [0, 0.1) is 0 Å². The van der Waals surface area contributed by atoms with Gasteiger partial charge in [-0.3, -0.25) is 0 Å². The zero-order valence-electron chi connectivity index (χ0n) is 8.74. The molecule has 0 N–H and O–H groups in total. The van der Waals surface area contributed by atoms with Crippen LogP contribution in [0.3, 0.4) is 0 Å². The van der Waals surface area contributed by atoms with E-state index < -0.39 is 0 Å². The summed E-state index contributed by atoms with van der Waals surface area (Å²) in [6.07, 6.45) is 5.84. The van der Waals surface area contributed by atoms with Crippen molar-refractivity contribution in [1.29, 1.82) is 0 Å². The van der Waals surface area contributed by atoms with Gasteiger partial charge in [-0.05, 0) is 0 Å². The van der Waals surface area contributed by atoms with Gasteiger partial charge < -0.3 is 0 Å². The molecule has 0 aliphatic heterocycles. The molecule has 56 valence electrons. The molecule has 0 aliphatic carbocycles. The van der Waals surface area contributed by atoms with E-state index in [-0.39, 0.29) is 80.3 Å². The molecule has 0 bridgehead atoms. The Labute approximate surface area is 126 Å². The van der Waals surface area contributed by atoms with Gasteiger partial charge in [0.1, 0.15) is 0 Å². The first-order valence-corrected chi connectivity index (χ1v) is 8.16. The first kappa shape index (κ1) is 19.4. The van der Waals surface area contributed by atoms with Gasteiger partial charge in [-0.2, -0.15) is 0 Å². The van der Waals surface area contributed by atoms with Gasteiger partial charge in [0.2, 0.25) is 0 Å². The van der Waals surface area contributed by atoms with Crippen LogP contribution in [0.1, 0.15) is 39.5 Å². The SMILES string of the molecule is CCC[CH2][Sn][CH2]CCC.[Na].[Na]. The molecule has 0 saturated heterocycles. The molecule has 11 heavy (non-hydrogen) atoms. The first-order valence-electron chi connectivity index (χ1n) is 4.12. The van der Waals surface area contributed by atoms with Gasteiger partial charge >= 0.3 is 69.5 Å². The van der Waals surface area contributed by atoms with E-state index in [4.69, 9.17) is 0 Å². The summed E-state index contributed by atoms with van der Waals surface area (Å²) in [5.74, 6) is 0. The zero-order chi connectivity index (χ0) is 6.95. The van der Waals surface area contributed by atoms with Crippen molar-refractivity contribution in [3.05, 3.63) is 0 Å². The third-order valence-electron chi connectivity index (χ3n) is 1.41. The molecule has 0 aromatic carbocycles. The van der Waals surface area contributed by atoms with Crippen molar-refractivity contribution < 1.29 is 0 Å². The second-order valence-corrected chi connectivity index (χ2v) is 6.74. The summed E-state index contributed by atoms with van der Waals surface area (Å²) in [4.78, 5) is 0. The van der Waals surface area contributed by atoms with Crippen molar-refractivity contribution in [3.8, 4) is 0 Å². The molecular formula is C8H18Na2Sn. The summed E-state index contributed by atoms with van der Waals surface area (Å²) >= 11 is 0.149. The molecule has 0 aromatic heterocycles. The van der Waals surface area contributed by atoms with Crippen LogP contribution in [-0.4, -0.2) is 80.3 Å². The van der Waals surface area contributed by atoms with Crippen LogP contribution in [0.15, 0.2) is 0 Å². The largest absolute Gasteiger partial charge is 0 e. The smallest absolute Gasteiger partial charge is 0 e. The molecule has 0 fully saturated rings. The fraction of sp³-hybridized carbons (Fsp3) is 1.00. The summed E-state index contributed by atoms with van der Waals surface area (Å²) in [6, 6.07) is 0. The van der Waals surface area contributed by atoms with Gasteiger partial charge in [-0.25, -0.2) is 0 Å². The third kappa shape index (κ3) is 19.3. The Kier molecular flexibility index (Phi) is 32.7. The van der Waals surface area contributed by atoms with Crippen LogP contribution in [0.4, 0.5) is 0 Å². The van der Waals surface area contributed by atoms with Crippen molar-refractivity contribution in [2.75, 3.05) is 0 Å². The van der Waals surface area contributed by atoms with Crippen molar-refractivity contribution in [3.63, 3.8) is 0 Å². The van der Waals surface area contributed by atoms with Crippen molar-refractivity contribution >= 4 is 80.3 Å². The molecule has 0 nitrogen and oxygen atoms in total. The number of hydrogen-bond acceptors (Lipinski definition) is 0. The van der Waals surface area contributed by atoms with Crippen molar-refractivity contribution in [2.45, 2.75) is 48.4 Å². The molecule has 0 aliphatic rings. The van der Waals surface area contributed by atoms with Gasteiger partial charge in [0.15, 0.2) is 0 Å². The average molecular weight is 279 g/mol. The molecule has 0 aromatic rings. The number of unbranched alkanes of at least 4 members (excludes halogenated alkanes) is 2. The Morgan fingerprint density at radius 1 is 0.818 bits per heavy atom. The second-order valence-electron chi connectivity index (χ2n) is 2.46. The molecule has 0 atom stereocenters. The standard InChI is InChI=1S/2C4H9.2Na.Sn/c2*1-3-4-2;;;/h2*1,3-4H2,2H3;;;. The molecule has 0 unspecified atom stereocenters. The first-order chi connectivity index (χ1) is 4.41. The van der Waals surface area contributed by atoms with E-state index in [0.29, 0.717) is 0 Å². The van der Waals surface area contributed by atoms with Crippen LogP contribution >= 0.6 is 0 Å². The molecule has 0 amide bonds. The van der Waals surface area contributed by atoms with E-state index in [9.17, 15) is 0 Å². The summed E-state index contributed by atoms with van der Waals surface area (Å²) in [6.45, 7) is 4.58. The molecule has 0 saturated carbocycles. The van der Waals surface area contributed by atoms with Crippen LogP contribution < -0.4 is 0 Å². The fourth-order valence-electron chi connectivity index (χ4n) is 0.729.